The van der Waals surface area contributed by atoms with Crippen molar-refractivity contribution in [2.24, 2.45) is 16.1 Å². The molecular formula is C16H24FIN4O. The third-order valence-corrected chi connectivity index (χ3v) is 5.35. The molecule has 1 aromatic rings. The van der Waals surface area contributed by atoms with Crippen molar-refractivity contribution in [3.05, 3.63) is 35.5 Å². The van der Waals surface area contributed by atoms with Crippen LogP contribution in [0.15, 0.2) is 29.2 Å². The van der Waals surface area contributed by atoms with Gasteiger partial charge in [0.2, 0.25) is 5.95 Å². The lowest BCUT2D eigenvalue weighted by molar-refractivity contribution is 0.0182. The Kier molecular flexibility index (Phi) is 5.85. The molecule has 2 rings (SSSR count). The van der Waals surface area contributed by atoms with E-state index in [1.165, 1.54) is 6.08 Å². The molecular weight excluding hydrogens is 410 g/mol. The lowest BCUT2D eigenvalue weighted by Gasteiger charge is -2.31. The van der Waals surface area contributed by atoms with Crippen molar-refractivity contribution in [3.63, 3.8) is 0 Å². The SMILES string of the molecule is C/C=C(\F)N=C(N)c1ccc(C2N[C@H](CI)C(OC)C2(C)C)[nH]1. The molecule has 1 aliphatic heterocycles. The van der Waals surface area contributed by atoms with Gasteiger partial charge < -0.3 is 20.8 Å². The van der Waals surface area contributed by atoms with Crippen LogP contribution < -0.4 is 11.1 Å². The van der Waals surface area contributed by atoms with Crippen molar-refractivity contribution in [2.75, 3.05) is 11.5 Å². The van der Waals surface area contributed by atoms with Crippen molar-refractivity contribution < 1.29 is 9.13 Å². The van der Waals surface area contributed by atoms with Gasteiger partial charge in [-0.3, -0.25) is 0 Å². The van der Waals surface area contributed by atoms with Crippen LogP contribution in [-0.2, 0) is 4.74 Å². The summed E-state index contributed by atoms with van der Waals surface area (Å²) in [5, 5.41) is 3.62. The Bertz CT molecular complexity index is 611. The van der Waals surface area contributed by atoms with E-state index in [0.29, 0.717) is 5.69 Å². The summed E-state index contributed by atoms with van der Waals surface area (Å²) < 4.78 is 19.9. The van der Waals surface area contributed by atoms with E-state index in [4.69, 9.17) is 10.5 Å². The predicted octanol–water partition coefficient (Wildman–Crippen LogP) is 3.04. The van der Waals surface area contributed by atoms with Crippen LogP contribution in [0.2, 0.25) is 0 Å². The molecule has 1 aromatic heterocycles. The minimum Gasteiger partial charge on any atom is -0.382 e. The highest BCUT2D eigenvalue weighted by Crippen LogP contribution is 2.44. The number of allylic oxidation sites excluding steroid dienone is 1. The number of aliphatic imine (C=N–C) groups is 1. The number of nitrogens with one attached hydrogen (secondary N) is 2. The fourth-order valence-electron chi connectivity index (χ4n) is 3.25. The molecule has 0 saturated carbocycles. The molecule has 2 unspecified atom stereocenters. The van der Waals surface area contributed by atoms with E-state index >= 15 is 0 Å². The quantitative estimate of drug-likeness (QED) is 0.219. The molecule has 0 aliphatic carbocycles. The molecule has 0 radical (unpaired) electrons. The number of hydrogen-bond acceptors (Lipinski definition) is 3. The Morgan fingerprint density at radius 3 is 2.74 bits per heavy atom. The van der Waals surface area contributed by atoms with Crippen molar-refractivity contribution in [2.45, 2.75) is 39.0 Å². The number of H-pyrrole nitrogens is 1. The van der Waals surface area contributed by atoms with Crippen LogP contribution >= 0.6 is 22.6 Å². The first-order chi connectivity index (χ1) is 10.8. The number of aromatic nitrogens is 1. The normalized spacial score (nSPS) is 28.3. The summed E-state index contributed by atoms with van der Waals surface area (Å²) in [6.07, 6.45) is 1.38. The molecule has 4 N–H and O–H groups in total. The average Bonchev–Trinajstić information content (AvgIpc) is 3.08. The predicted molar refractivity (Wildman–Crippen MR) is 99.5 cm³/mol. The molecule has 5 nitrogen and oxygen atoms in total. The van der Waals surface area contributed by atoms with Crippen molar-refractivity contribution >= 4 is 28.4 Å². The molecule has 128 valence electrons. The van der Waals surface area contributed by atoms with Gasteiger partial charge in [0.1, 0.15) is 5.84 Å². The van der Waals surface area contributed by atoms with Crippen LogP contribution in [0.5, 0.6) is 0 Å². The first kappa shape index (κ1) is 18.4. The van der Waals surface area contributed by atoms with Gasteiger partial charge in [-0.15, -0.1) is 0 Å². The highest BCUT2D eigenvalue weighted by Gasteiger charge is 2.49. The molecule has 0 aromatic carbocycles. The fourth-order valence-corrected chi connectivity index (χ4v) is 3.97. The average molecular weight is 434 g/mol. The van der Waals surface area contributed by atoms with E-state index < -0.39 is 5.95 Å². The molecule has 0 amide bonds. The van der Waals surface area contributed by atoms with Crippen LogP contribution in [0, 0.1) is 5.41 Å². The van der Waals surface area contributed by atoms with Gasteiger partial charge in [0.05, 0.1) is 17.8 Å². The first-order valence-corrected chi connectivity index (χ1v) is 9.07. The highest BCUT2D eigenvalue weighted by molar-refractivity contribution is 14.1. The Morgan fingerprint density at radius 2 is 2.22 bits per heavy atom. The van der Waals surface area contributed by atoms with Gasteiger partial charge >= 0.3 is 0 Å². The number of halogens is 2. The summed E-state index contributed by atoms with van der Waals surface area (Å²) >= 11 is 2.37. The summed E-state index contributed by atoms with van der Waals surface area (Å²) in [4.78, 5) is 6.97. The molecule has 7 heteroatoms. The fraction of sp³-hybridized carbons (Fsp3) is 0.562. The van der Waals surface area contributed by atoms with Crippen LogP contribution in [0.1, 0.15) is 38.2 Å². The summed E-state index contributed by atoms with van der Waals surface area (Å²) in [5.74, 6) is -0.459. The Labute approximate surface area is 150 Å². The number of amidine groups is 1. The van der Waals surface area contributed by atoms with Crippen molar-refractivity contribution in [1.29, 1.82) is 0 Å². The highest BCUT2D eigenvalue weighted by atomic mass is 127. The van der Waals surface area contributed by atoms with Gasteiger partial charge in [-0.2, -0.15) is 4.39 Å². The summed E-state index contributed by atoms with van der Waals surface area (Å²) in [6.45, 7) is 5.94. The minimum absolute atomic E-state index is 0.0901. The maximum Gasteiger partial charge on any atom is 0.210 e. The van der Waals surface area contributed by atoms with Crippen LogP contribution in [0.25, 0.3) is 0 Å². The molecule has 1 saturated heterocycles. The largest absolute Gasteiger partial charge is 0.382 e. The zero-order chi connectivity index (χ0) is 17.2. The molecule has 1 fully saturated rings. The molecule has 0 bridgehead atoms. The van der Waals surface area contributed by atoms with Gasteiger partial charge in [-0.1, -0.05) is 36.4 Å². The number of aromatic amines is 1. The minimum atomic E-state index is -0.595. The number of methoxy groups -OCH3 is 1. The second kappa shape index (κ2) is 7.31. The van der Waals surface area contributed by atoms with E-state index in [0.717, 1.165) is 10.1 Å². The van der Waals surface area contributed by atoms with E-state index in [2.05, 4.69) is 51.7 Å². The third kappa shape index (κ3) is 3.61. The number of rotatable bonds is 5. The van der Waals surface area contributed by atoms with Gasteiger partial charge in [0, 0.05) is 28.7 Å². The zero-order valence-electron chi connectivity index (χ0n) is 13.9. The molecule has 0 spiro atoms. The monoisotopic (exact) mass is 434 g/mol. The lowest BCUT2D eigenvalue weighted by Crippen LogP contribution is -2.37. The molecule has 2 heterocycles. The van der Waals surface area contributed by atoms with Crippen molar-refractivity contribution in [1.82, 2.24) is 10.3 Å². The smallest absolute Gasteiger partial charge is 0.210 e. The summed E-state index contributed by atoms with van der Waals surface area (Å²) in [6, 6.07) is 4.17. The third-order valence-electron chi connectivity index (χ3n) is 4.40. The number of nitrogens with two attached hydrogens (primary N) is 1. The number of nitrogens with zero attached hydrogens (tertiary/aromatic N) is 1. The molecule has 23 heavy (non-hydrogen) atoms. The van der Waals surface area contributed by atoms with Gasteiger partial charge in [0.25, 0.3) is 0 Å². The Morgan fingerprint density at radius 1 is 1.52 bits per heavy atom. The maximum atomic E-state index is 13.2. The van der Waals surface area contributed by atoms with E-state index in [1.54, 1.807) is 14.0 Å². The number of ether oxygens (including phenoxy) is 1. The Hall–Kier alpha value is -0.930. The van der Waals surface area contributed by atoms with Crippen LogP contribution in [0.4, 0.5) is 4.39 Å². The number of hydrogen-bond donors (Lipinski definition) is 3. The molecule has 3 atom stereocenters. The first-order valence-electron chi connectivity index (χ1n) is 7.55. The Balaban J connectivity index is 2.29. The second-order valence-corrected chi connectivity index (χ2v) is 7.15. The second-order valence-electron chi connectivity index (χ2n) is 6.27. The number of alkyl halides is 1. The van der Waals surface area contributed by atoms with Gasteiger partial charge in [-0.25, -0.2) is 4.99 Å². The van der Waals surface area contributed by atoms with E-state index in [1.807, 2.05) is 12.1 Å². The van der Waals surface area contributed by atoms with Crippen LogP contribution in [-0.4, -0.2) is 34.5 Å². The zero-order valence-corrected chi connectivity index (χ0v) is 16.0. The van der Waals surface area contributed by atoms with Gasteiger partial charge in [-0.05, 0) is 25.1 Å². The van der Waals surface area contributed by atoms with Crippen molar-refractivity contribution in [3.8, 4) is 0 Å². The lowest BCUT2D eigenvalue weighted by atomic mass is 9.80. The van der Waals surface area contributed by atoms with E-state index in [-0.39, 0.29) is 29.4 Å². The summed E-state index contributed by atoms with van der Waals surface area (Å²) in [5.41, 5.74) is 7.37. The van der Waals surface area contributed by atoms with Gasteiger partial charge in [0.15, 0.2) is 0 Å². The van der Waals surface area contributed by atoms with Crippen LogP contribution in [0.3, 0.4) is 0 Å². The van der Waals surface area contributed by atoms with E-state index in [9.17, 15) is 4.39 Å². The molecule has 1 aliphatic rings. The standard InChI is InChI=1S/C16H24FIN4O/c1-5-12(17)22-15(19)10-7-6-9(20-10)13-16(2,3)14(23-4)11(8-18)21-13/h5-7,11,13-14,20-21H,8H2,1-4H3,(H2,19,22)/b12-5+/t11-,13?,14?/m1/s1. The topological polar surface area (TPSA) is 75.4 Å². The maximum absolute atomic E-state index is 13.2. The summed E-state index contributed by atoms with van der Waals surface area (Å²) in [7, 11) is 1.75.